The highest BCUT2D eigenvalue weighted by Gasteiger charge is 1.99. The Kier molecular flexibility index (Phi) is 5.55. The van der Waals surface area contributed by atoms with E-state index < -0.39 is 0 Å². The number of nitrogens with one attached hydrogen (secondary N) is 1. The fourth-order valence-corrected chi connectivity index (χ4v) is 2.04. The lowest BCUT2D eigenvalue weighted by Gasteiger charge is -2.04. The summed E-state index contributed by atoms with van der Waals surface area (Å²) in [7, 11) is 0. The topological polar surface area (TPSA) is 49.3 Å². The lowest BCUT2D eigenvalue weighted by molar-refractivity contribution is -0.111. The molecule has 4 heteroatoms. The van der Waals surface area contributed by atoms with Crippen molar-refractivity contribution in [2.24, 2.45) is 0 Å². The van der Waals surface area contributed by atoms with Gasteiger partial charge in [0, 0.05) is 23.4 Å². The Morgan fingerprint density at radius 1 is 1.14 bits per heavy atom. The summed E-state index contributed by atoms with van der Waals surface area (Å²) in [4.78, 5) is 11.8. The molecule has 0 spiro atoms. The second-order valence-electron chi connectivity index (χ2n) is 4.51. The molecular formula is C17H16ClNO2. The molecule has 2 rings (SSSR count). The summed E-state index contributed by atoms with van der Waals surface area (Å²) < 4.78 is 0. The summed E-state index contributed by atoms with van der Waals surface area (Å²) in [5.74, 6) is -0.218. The quantitative estimate of drug-likeness (QED) is 0.830. The Hall–Kier alpha value is -2.10. The molecule has 0 atom stereocenters. The van der Waals surface area contributed by atoms with Gasteiger partial charge in [0.15, 0.2) is 0 Å². The van der Waals surface area contributed by atoms with Gasteiger partial charge in [-0.3, -0.25) is 4.79 Å². The van der Waals surface area contributed by atoms with Gasteiger partial charge in [-0.25, -0.2) is 0 Å². The van der Waals surface area contributed by atoms with Crippen LogP contribution < -0.4 is 5.32 Å². The molecule has 2 aromatic rings. The number of rotatable bonds is 5. The number of benzene rings is 2. The molecule has 0 unspecified atom stereocenters. The van der Waals surface area contributed by atoms with Gasteiger partial charge in [0.1, 0.15) is 0 Å². The molecule has 2 aromatic carbocycles. The summed E-state index contributed by atoms with van der Waals surface area (Å²) in [5, 5.41) is 12.2. The molecule has 0 saturated heterocycles. The van der Waals surface area contributed by atoms with E-state index in [0.29, 0.717) is 17.1 Å². The lowest BCUT2D eigenvalue weighted by atomic mass is 10.1. The smallest absolute Gasteiger partial charge is 0.248 e. The molecule has 0 aliphatic carbocycles. The zero-order valence-electron chi connectivity index (χ0n) is 11.4. The zero-order chi connectivity index (χ0) is 15.1. The largest absolute Gasteiger partial charge is 0.396 e. The number of aliphatic hydroxyl groups is 1. The summed E-state index contributed by atoms with van der Waals surface area (Å²) in [6.45, 7) is 0.117. The SMILES string of the molecule is O=C(/C=C/c1ccccc1Cl)Nc1ccc(CCO)cc1. The standard InChI is InChI=1S/C17H16ClNO2/c18-16-4-2-1-3-14(16)7-10-17(21)19-15-8-5-13(6-9-15)11-12-20/h1-10,20H,11-12H2,(H,19,21)/b10-7+. The van der Waals surface area contributed by atoms with E-state index in [0.717, 1.165) is 11.1 Å². The third-order valence-electron chi connectivity index (χ3n) is 2.94. The molecule has 0 saturated carbocycles. The minimum Gasteiger partial charge on any atom is -0.396 e. The van der Waals surface area contributed by atoms with E-state index in [4.69, 9.17) is 16.7 Å². The van der Waals surface area contributed by atoms with E-state index in [2.05, 4.69) is 5.32 Å². The molecule has 1 amide bonds. The fourth-order valence-electron chi connectivity index (χ4n) is 1.84. The molecule has 108 valence electrons. The first-order valence-corrected chi connectivity index (χ1v) is 7.00. The van der Waals surface area contributed by atoms with E-state index in [1.807, 2.05) is 42.5 Å². The number of carbonyl (C=O) groups excluding carboxylic acids is 1. The van der Waals surface area contributed by atoms with Crippen LogP contribution in [0, 0.1) is 0 Å². The second kappa shape index (κ2) is 7.62. The summed E-state index contributed by atoms with van der Waals surface area (Å²) in [6.07, 6.45) is 3.74. The van der Waals surface area contributed by atoms with Crippen LogP contribution in [0.2, 0.25) is 5.02 Å². The Bertz CT molecular complexity index is 635. The number of hydrogen-bond acceptors (Lipinski definition) is 2. The number of anilines is 1. The molecule has 2 N–H and O–H groups in total. The van der Waals surface area contributed by atoms with Crippen molar-refractivity contribution in [2.45, 2.75) is 6.42 Å². The van der Waals surface area contributed by atoms with Gasteiger partial charge < -0.3 is 10.4 Å². The van der Waals surface area contributed by atoms with Crippen LogP contribution in [0.5, 0.6) is 0 Å². The highest BCUT2D eigenvalue weighted by atomic mass is 35.5. The minimum atomic E-state index is -0.218. The Morgan fingerprint density at radius 2 is 1.86 bits per heavy atom. The van der Waals surface area contributed by atoms with Gasteiger partial charge in [0.05, 0.1) is 0 Å². The minimum absolute atomic E-state index is 0.117. The zero-order valence-corrected chi connectivity index (χ0v) is 12.2. The monoisotopic (exact) mass is 301 g/mol. The highest BCUT2D eigenvalue weighted by Crippen LogP contribution is 2.16. The molecule has 0 aliphatic heterocycles. The van der Waals surface area contributed by atoms with Crippen molar-refractivity contribution >= 4 is 29.3 Å². The van der Waals surface area contributed by atoms with Gasteiger partial charge in [-0.1, -0.05) is 41.9 Å². The third kappa shape index (κ3) is 4.74. The number of carbonyl (C=O) groups is 1. The van der Waals surface area contributed by atoms with Gasteiger partial charge >= 0.3 is 0 Å². The van der Waals surface area contributed by atoms with Crippen LogP contribution in [0.4, 0.5) is 5.69 Å². The molecule has 21 heavy (non-hydrogen) atoms. The van der Waals surface area contributed by atoms with Crippen molar-refractivity contribution in [2.75, 3.05) is 11.9 Å². The predicted molar refractivity (Wildman–Crippen MR) is 86.3 cm³/mol. The molecular weight excluding hydrogens is 286 g/mol. The average Bonchev–Trinajstić information content (AvgIpc) is 2.49. The van der Waals surface area contributed by atoms with Crippen LogP contribution in [-0.4, -0.2) is 17.6 Å². The van der Waals surface area contributed by atoms with Gasteiger partial charge in [0.2, 0.25) is 5.91 Å². The molecule has 0 heterocycles. The third-order valence-corrected chi connectivity index (χ3v) is 3.29. The molecule has 0 radical (unpaired) electrons. The van der Waals surface area contributed by atoms with Crippen LogP contribution in [0.1, 0.15) is 11.1 Å². The van der Waals surface area contributed by atoms with Crippen LogP contribution in [0.3, 0.4) is 0 Å². The van der Waals surface area contributed by atoms with E-state index in [1.54, 1.807) is 12.1 Å². The summed E-state index contributed by atoms with van der Waals surface area (Å²) in [5.41, 5.74) is 2.54. The van der Waals surface area contributed by atoms with Crippen molar-refractivity contribution < 1.29 is 9.90 Å². The average molecular weight is 302 g/mol. The Morgan fingerprint density at radius 3 is 2.52 bits per heavy atom. The second-order valence-corrected chi connectivity index (χ2v) is 4.92. The van der Waals surface area contributed by atoms with Gasteiger partial charge in [0.25, 0.3) is 0 Å². The van der Waals surface area contributed by atoms with E-state index in [-0.39, 0.29) is 12.5 Å². The Balaban J connectivity index is 1.97. The lowest BCUT2D eigenvalue weighted by Crippen LogP contribution is -2.07. The Labute approximate surface area is 128 Å². The number of amides is 1. The first kappa shape index (κ1) is 15.3. The van der Waals surface area contributed by atoms with Gasteiger partial charge in [-0.05, 0) is 41.8 Å². The maximum Gasteiger partial charge on any atom is 0.248 e. The normalized spacial score (nSPS) is 10.8. The van der Waals surface area contributed by atoms with E-state index in [9.17, 15) is 4.79 Å². The molecule has 0 aromatic heterocycles. The maximum atomic E-state index is 11.8. The van der Waals surface area contributed by atoms with Crippen LogP contribution in [0.15, 0.2) is 54.6 Å². The van der Waals surface area contributed by atoms with E-state index >= 15 is 0 Å². The first-order chi connectivity index (χ1) is 10.2. The van der Waals surface area contributed by atoms with Crippen LogP contribution >= 0.6 is 11.6 Å². The summed E-state index contributed by atoms with van der Waals surface area (Å²) >= 11 is 6.01. The number of hydrogen-bond donors (Lipinski definition) is 2. The van der Waals surface area contributed by atoms with Crippen LogP contribution in [0.25, 0.3) is 6.08 Å². The van der Waals surface area contributed by atoms with E-state index in [1.165, 1.54) is 6.08 Å². The van der Waals surface area contributed by atoms with Crippen molar-refractivity contribution in [3.63, 3.8) is 0 Å². The predicted octanol–water partition coefficient (Wildman–Crippen LogP) is 3.53. The molecule has 0 fully saturated rings. The molecule has 0 aliphatic rings. The molecule has 3 nitrogen and oxygen atoms in total. The first-order valence-electron chi connectivity index (χ1n) is 6.62. The van der Waals surface area contributed by atoms with Crippen molar-refractivity contribution in [3.05, 3.63) is 70.8 Å². The van der Waals surface area contributed by atoms with Crippen LogP contribution in [-0.2, 0) is 11.2 Å². The maximum absolute atomic E-state index is 11.8. The summed E-state index contributed by atoms with van der Waals surface area (Å²) in [6, 6.07) is 14.7. The van der Waals surface area contributed by atoms with Crippen molar-refractivity contribution in [1.29, 1.82) is 0 Å². The van der Waals surface area contributed by atoms with Crippen molar-refractivity contribution in [3.8, 4) is 0 Å². The number of aliphatic hydroxyl groups excluding tert-OH is 1. The van der Waals surface area contributed by atoms with Gasteiger partial charge in [-0.2, -0.15) is 0 Å². The highest BCUT2D eigenvalue weighted by molar-refractivity contribution is 6.32. The number of halogens is 1. The van der Waals surface area contributed by atoms with Crippen molar-refractivity contribution in [1.82, 2.24) is 0 Å². The fraction of sp³-hybridized carbons (Fsp3) is 0.118. The van der Waals surface area contributed by atoms with Gasteiger partial charge in [-0.15, -0.1) is 0 Å². The molecule has 0 bridgehead atoms.